The molecule has 0 heterocycles. The van der Waals surface area contributed by atoms with Crippen LogP contribution < -0.4 is 14.5 Å². The van der Waals surface area contributed by atoms with Crippen LogP contribution in [0.25, 0.3) is 0 Å². The maximum atomic E-state index is 11.6. The predicted octanol–water partition coefficient (Wildman–Crippen LogP) is 0.394. The summed E-state index contributed by atoms with van der Waals surface area (Å²) in [4.78, 5) is -0.146. The van der Waals surface area contributed by atoms with Gasteiger partial charge >= 0.3 is 7.32 Å². The Balaban J connectivity index is 2.28. The first-order chi connectivity index (χ1) is 9.86. The lowest BCUT2D eigenvalue weighted by atomic mass is 9.98. The first-order valence-electron chi connectivity index (χ1n) is 6.72. The Morgan fingerprint density at radius 1 is 1.19 bits per heavy atom. The third-order valence-electron chi connectivity index (χ3n) is 3.31. The highest BCUT2D eigenvalue weighted by Crippen LogP contribution is 2.31. The van der Waals surface area contributed by atoms with Crippen molar-refractivity contribution in [1.29, 1.82) is 0 Å². The predicted molar refractivity (Wildman–Crippen MR) is 76.1 cm³/mol. The molecule has 0 unspecified atom stereocenters. The average molecular weight is 315 g/mol. The Hall–Kier alpha value is -1.29. The van der Waals surface area contributed by atoms with Crippen LogP contribution >= 0.6 is 0 Å². The van der Waals surface area contributed by atoms with E-state index in [1.165, 1.54) is 18.2 Å². The fraction of sp³-hybridized carbons (Fsp3) is 0.500. The molecule has 9 heteroatoms. The van der Waals surface area contributed by atoms with E-state index in [1.54, 1.807) is 0 Å². The molecule has 1 aromatic rings. The summed E-state index contributed by atoms with van der Waals surface area (Å²) in [5, 5.41) is 22.8. The molecule has 0 radical (unpaired) electrons. The van der Waals surface area contributed by atoms with Crippen LogP contribution in [0, 0.1) is 0 Å². The first kappa shape index (κ1) is 16.1. The molecule has 1 aliphatic carbocycles. The maximum absolute atomic E-state index is 11.6. The summed E-state index contributed by atoms with van der Waals surface area (Å²) < 4.78 is 33.6. The van der Waals surface area contributed by atoms with Crippen molar-refractivity contribution < 1.29 is 27.9 Å². The van der Waals surface area contributed by atoms with Gasteiger partial charge in [0.25, 0.3) is 0 Å². The van der Waals surface area contributed by atoms with Crippen molar-refractivity contribution >= 4 is 17.3 Å². The van der Waals surface area contributed by atoms with Gasteiger partial charge in [0.05, 0.1) is 6.10 Å². The lowest BCUT2D eigenvalue weighted by Crippen LogP contribution is -2.23. The van der Waals surface area contributed by atoms with E-state index >= 15 is 0 Å². The molecule has 2 rings (SSSR count). The second kappa shape index (κ2) is 6.65. The Kier molecular flexibility index (Phi) is 5.10. The average Bonchev–Trinajstić information content (AvgIpc) is 2.38. The van der Waals surface area contributed by atoms with Crippen molar-refractivity contribution in [2.24, 2.45) is 5.14 Å². The highest BCUT2D eigenvalue weighted by atomic mass is 32.2. The molecule has 1 fully saturated rings. The van der Waals surface area contributed by atoms with E-state index in [4.69, 9.17) is 24.6 Å². The zero-order valence-corrected chi connectivity index (χ0v) is 12.3. The number of sulfonamides is 1. The summed E-state index contributed by atoms with van der Waals surface area (Å²) in [5.41, 5.74) is 0. The molecule has 0 atom stereocenters. The SMILES string of the molecule is NS(=O)(=O)c1ccc(OB(O)O)cc1OC1CCCCC1. The minimum Gasteiger partial charge on any atom is -0.512 e. The first-order valence-corrected chi connectivity index (χ1v) is 8.27. The van der Waals surface area contributed by atoms with Gasteiger partial charge in [0.2, 0.25) is 10.0 Å². The molecular formula is C12H18BNO6S. The molecule has 21 heavy (non-hydrogen) atoms. The quantitative estimate of drug-likeness (QED) is 0.676. The van der Waals surface area contributed by atoms with Crippen LogP contribution in [0.5, 0.6) is 11.5 Å². The van der Waals surface area contributed by atoms with Gasteiger partial charge in [-0.3, -0.25) is 0 Å². The van der Waals surface area contributed by atoms with Gasteiger partial charge in [-0.2, -0.15) is 0 Å². The van der Waals surface area contributed by atoms with Gasteiger partial charge in [-0.05, 0) is 37.8 Å². The fourth-order valence-corrected chi connectivity index (χ4v) is 3.02. The smallest absolute Gasteiger partial charge is 0.512 e. The van der Waals surface area contributed by atoms with Gasteiger partial charge in [0, 0.05) is 6.07 Å². The molecule has 0 amide bonds. The minimum atomic E-state index is -3.94. The molecule has 0 aromatic heterocycles. The van der Waals surface area contributed by atoms with Crippen molar-refractivity contribution in [2.75, 3.05) is 0 Å². The molecule has 7 nitrogen and oxygen atoms in total. The zero-order chi connectivity index (χ0) is 15.5. The van der Waals surface area contributed by atoms with Gasteiger partial charge in [0.1, 0.15) is 16.4 Å². The number of hydrogen-bond acceptors (Lipinski definition) is 6. The van der Waals surface area contributed by atoms with Gasteiger partial charge in [-0.1, -0.05) is 6.42 Å². The summed E-state index contributed by atoms with van der Waals surface area (Å²) in [6.07, 6.45) is 4.81. The van der Waals surface area contributed by atoms with Crippen LogP contribution in [0.4, 0.5) is 0 Å². The van der Waals surface area contributed by atoms with Gasteiger partial charge in [-0.15, -0.1) is 0 Å². The highest BCUT2D eigenvalue weighted by molar-refractivity contribution is 7.89. The van der Waals surface area contributed by atoms with Gasteiger partial charge in [0.15, 0.2) is 0 Å². The molecule has 1 saturated carbocycles. The third kappa shape index (κ3) is 4.60. The summed E-state index contributed by atoms with van der Waals surface area (Å²) >= 11 is 0. The molecule has 116 valence electrons. The summed E-state index contributed by atoms with van der Waals surface area (Å²) in [5.74, 6) is 0.158. The van der Waals surface area contributed by atoms with Crippen LogP contribution in [0.1, 0.15) is 32.1 Å². The van der Waals surface area contributed by atoms with Crippen molar-refractivity contribution in [3.8, 4) is 11.5 Å². The second-order valence-electron chi connectivity index (χ2n) is 4.98. The van der Waals surface area contributed by atoms with Crippen LogP contribution in [0.15, 0.2) is 23.1 Å². The summed E-state index contributed by atoms with van der Waals surface area (Å²) in [6.45, 7) is 0. The number of hydrogen-bond donors (Lipinski definition) is 3. The molecule has 0 spiro atoms. The Bertz CT molecular complexity index is 585. The Labute approximate surface area is 123 Å². The van der Waals surface area contributed by atoms with Crippen molar-refractivity contribution in [1.82, 2.24) is 0 Å². The standard InChI is InChI=1S/C12H18BNO6S/c14-21(17,18)12-7-6-10(20-13(15)16)8-11(12)19-9-4-2-1-3-5-9/h6-9,15-16H,1-5H2,(H2,14,17,18). The van der Waals surface area contributed by atoms with E-state index in [9.17, 15) is 8.42 Å². The number of ether oxygens (including phenoxy) is 1. The minimum absolute atomic E-state index is 0.0718. The van der Waals surface area contributed by atoms with Crippen molar-refractivity contribution in [2.45, 2.75) is 43.1 Å². The zero-order valence-electron chi connectivity index (χ0n) is 11.4. The summed E-state index contributed by atoms with van der Waals surface area (Å²) in [6, 6.07) is 3.81. The van der Waals surface area contributed by atoms with Crippen molar-refractivity contribution in [3.05, 3.63) is 18.2 Å². The monoisotopic (exact) mass is 315 g/mol. The molecule has 0 saturated heterocycles. The van der Waals surface area contributed by atoms with E-state index in [-0.39, 0.29) is 22.5 Å². The van der Waals surface area contributed by atoms with E-state index in [0.29, 0.717) is 0 Å². The van der Waals surface area contributed by atoms with E-state index in [1.807, 2.05) is 0 Å². The number of rotatable bonds is 5. The lowest BCUT2D eigenvalue weighted by molar-refractivity contribution is 0.150. The molecule has 1 aliphatic rings. The van der Waals surface area contributed by atoms with Gasteiger partial charge < -0.3 is 19.4 Å². The van der Waals surface area contributed by atoms with Crippen LogP contribution in [-0.2, 0) is 10.0 Å². The maximum Gasteiger partial charge on any atom is 0.707 e. The Morgan fingerprint density at radius 2 is 1.86 bits per heavy atom. The molecular weight excluding hydrogens is 297 g/mol. The lowest BCUT2D eigenvalue weighted by Gasteiger charge is -2.24. The molecule has 1 aromatic carbocycles. The number of benzene rings is 1. The topological polar surface area (TPSA) is 119 Å². The van der Waals surface area contributed by atoms with Gasteiger partial charge in [-0.25, -0.2) is 13.6 Å². The molecule has 0 aliphatic heterocycles. The fourth-order valence-electron chi connectivity index (χ4n) is 2.37. The number of nitrogens with two attached hydrogens (primary N) is 1. The second-order valence-corrected chi connectivity index (χ2v) is 6.51. The van der Waals surface area contributed by atoms with Crippen LogP contribution in [0.3, 0.4) is 0 Å². The summed E-state index contributed by atoms with van der Waals surface area (Å²) in [7, 11) is -5.93. The largest absolute Gasteiger partial charge is 0.707 e. The van der Waals surface area contributed by atoms with Crippen LogP contribution in [-0.4, -0.2) is 31.9 Å². The van der Waals surface area contributed by atoms with Crippen molar-refractivity contribution in [3.63, 3.8) is 0 Å². The van der Waals surface area contributed by atoms with Crippen LogP contribution in [0.2, 0.25) is 0 Å². The normalized spacial score (nSPS) is 16.5. The third-order valence-corrected chi connectivity index (χ3v) is 4.26. The molecule has 4 N–H and O–H groups in total. The van der Waals surface area contributed by atoms with E-state index in [2.05, 4.69) is 0 Å². The number of primary sulfonamides is 1. The molecule has 0 bridgehead atoms. The van der Waals surface area contributed by atoms with E-state index < -0.39 is 17.3 Å². The highest BCUT2D eigenvalue weighted by Gasteiger charge is 2.22. The Morgan fingerprint density at radius 3 is 2.43 bits per heavy atom. The van der Waals surface area contributed by atoms with E-state index in [0.717, 1.165) is 32.1 Å².